The number of benzene rings is 2. The standard InChI is InChI=1S/C23H27N3O3S/c1-16-6-5-7-21(19(16)4)25-10-12-26(13-11-25)30(27,28)23-15-20(9-8-17(23)2)22-14-18(3)24-29-22/h5-9,14-15H,10-13H2,1-4H3. The summed E-state index contributed by atoms with van der Waals surface area (Å²) in [5.74, 6) is 0.573. The maximum absolute atomic E-state index is 13.4. The maximum Gasteiger partial charge on any atom is 0.243 e. The lowest BCUT2D eigenvalue weighted by Crippen LogP contribution is -2.49. The van der Waals surface area contributed by atoms with Gasteiger partial charge in [-0.05, 0) is 56.5 Å². The van der Waals surface area contributed by atoms with E-state index >= 15 is 0 Å². The van der Waals surface area contributed by atoms with Crippen LogP contribution < -0.4 is 4.90 Å². The predicted molar refractivity (Wildman–Crippen MR) is 118 cm³/mol. The molecule has 0 aliphatic carbocycles. The summed E-state index contributed by atoms with van der Waals surface area (Å²) in [6, 6.07) is 13.5. The Hall–Kier alpha value is -2.64. The van der Waals surface area contributed by atoms with Crippen molar-refractivity contribution in [2.75, 3.05) is 31.1 Å². The zero-order chi connectivity index (χ0) is 21.5. The molecule has 2 aromatic carbocycles. The molecule has 1 saturated heterocycles. The summed E-state index contributed by atoms with van der Waals surface area (Å²) in [7, 11) is -3.60. The Balaban J connectivity index is 1.57. The van der Waals surface area contributed by atoms with Gasteiger partial charge in [-0.2, -0.15) is 4.31 Å². The zero-order valence-electron chi connectivity index (χ0n) is 17.8. The van der Waals surface area contributed by atoms with Gasteiger partial charge in [0.25, 0.3) is 0 Å². The minimum Gasteiger partial charge on any atom is -0.369 e. The van der Waals surface area contributed by atoms with E-state index in [1.807, 2.05) is 32.0 Å². The second-order valence-corrected chi connectivity index (χ2v) is 9.83. The van der Waals surface area contributed by atoms with Crippen molar-refractivity contribution in [3.8, 4) is 11.3 Å². The molecule has 3 aromatic rings. The van der Waals surface area contributed by atoms with Crippen molar-refractivity contribution in [2.24, 2.45) is 0 Å². The molecule has 158 valence electrons. The maximum atomic E-state index is 13.4. The van der Waals surface area contributed by atoms with Crippen LogP contribution in [0.4, 0.5) is 5.69 Å². The third-order valence-corrected chi connectivity index (χ3v) is 7.91. The van der Waals surface area contributed by atoms with Gasteiger partial charge in [0.1, 0.15) is 0 Å². The number of anilines is 1. The fraction of sp³-hybridized carbons (Fsp3) is 0.348. The lowest BCUT2D eigenvalue weighted by atomic mass is 10.1. The number of rotatable bonds is 4. The lowest BCUT2D eigenvalue weighted by Gasteiger charge is -2.36. The monoisotopic (exact) mass is 425 g/mol. The predicted octanol–water partition coefficient (Wildman–Crippen LogP) is 4.09. The Morgan fingerprint density at radius 2 is 1.63 bits per heavy atom. The van der Waals surface area contributed by atoms with Crippen LogP contribution in [0.15, 0.2) is 51.9 Å². The zero-order valence-corrected chi connectivity index (χ0v) is 18.7. The first-order valence-corrected chi connectivity index (χ1v) is 11.6. The summed E-state index contributed by atoms with van der Waals surface area (Å²) in [6.07, 6.45) is 0. The van der Waals surface area contributed by atoms with Crippen LogP contribution in [0.1, 0.15) is 22.4 Å². The molecule has 0 spiro atoms. The summed E-state index contributed by atoms with van der Waals surface area (Å²) in [4.78, 5) is 2.60. The van der Waals surface area contributed by atoms with Gasteiger partial charge in [0.15, 0.2) is 5.76 Å². The Morgan fingerprint density at radius 1 is 0.900 bits per heavy atom. The van der Waals surface area contributed by atoms with E-state index in [-0.39, 0.29) is 0 Å². The molecule has 1 aliphatic heterocycles. The molecule has 4 rings (SSSR count). The summed E-state index contributed by atoms with van der Waals surface area (Å²) < 4.78 is 33.8. The minimum atomic E-state index is -3.60. The van der Waals surface area contributed by atoms with E-state index in [0.29, 0.717) is 42.4 Å². The molecule has 7 heteroatoms. The second-order valence-electron chi connectivity index (χ2n) is 7.92. The Labute approximate surface area is 178 Å². The number of nitrogens with zero attached hydrogens (tertiary/aromatic N) is 3. The van der Waals surface area contributed by atoms with Crippen molar-refractivity contribution >= 4 is 15.7 Å². The fourth-order valence-corrected chi connectivity index (χ4v) is 5.59. The van der Waals surface area contributed by atoms with Crippen molar-refractivity contribution in [1.29, 1.82) is 0 Å². The van der Waals surface area contributed by atoms with E-state index in [2.05, 4.69) is 42.1 Å². The van der Waals surface area contributed by atoms with Crippen molar-refractivity contribution in [3.63, 3.8) is 0 Å². The molecular weight excluding hydrogens is 398 g/mol. The largest absolute Gasteiger partial charge is 0.369 e. The minimum absolute atomic E-state index is 0.328. The molecule has 0 amide bonds. The first kappa shape index (κ1) is 20.6. The number of aryl methyl sites for hydroxylation is 3. The van der Waals surface area contributed by atoms with E-state index in [4.69, 9.17) is 4.52 Å². The van der Waals surface area contributed by atoms with Crippen molar-refractivity contribution in [3.05, 3.63) is 64.8 Å². The number of sulfonamides is 1. The van der Waals surface area contributed by atoms with Gasteiger partial charge in [-0.1, -0.05) is 29.4 Å². The quantitative estimate of drug-likeness (QED) is 0.630. The van der Waals surface area contributed by atoms with Crippen molar-refractivity contribution < 1.29 is 12.9 Å². The fourth-order valence-electron chi connectivity index (χ4n) is 3.92. The van der Waals surface area contributed by atoms with Crippen LogP contribution in [0.5, 0.6) is 0 Å². The van der Waals surface area contributed by atoms with Crippen LogP contribution in [0, 0.1) is 27.7 Å². The Morgan fingerprint density at radius 3 is 2.30 bits per heavy atom. The van der Waals surface area contributed by atoms with Gasteiger partial charge >= 0.3 is 0 Å². The van der Waals surface area contributed by atoms with Crippen molar-refractivity contribution in [2.45, 2.75) is 32.6 Å². The number of aromatic nitrogens is 1. The topological polar surface area (TPSA) is 66.7 Å². The van der Waals surface area contributed by atoms with Crippen LogP contribution in [-0.4, -0.2) is 44.1 Å². The molecule has 0 saturated carbocycles. The highest BCUT2D eigenvalue weighted by atomic mass is 32.2. The smallest absolute Gasteiger partial charge is 0.243 e. The van der Waals surface area contributed by atoms with Crippen LogP contribution in [0.25, 0.3) is 11.3 Å². The second kappa shape index (κ2) is 7.89. The van der Waals surface area contributed by atoms with Gasteiger partial charge in [-0.15, -0.1) is 0 Å². The van der Waals surface area contributed by atoms with Gasteiger partial charge < -0.3 is 9.42 Å². The summed E-state index contributed by atoms with van der Waals surface area (Å²) >= 11 is 0. The van der Waals surface area contributed by atoms with E-state index in [0.717, 1.165) is 11.3 Å². The van der Waals surface area contributed by atoms with Gasteiger partial charge in [0.2, 0.25) is 10.0 Å². The summed E-state index contributed by atoms with van der Waals surface area (Å²) in [5.41, 5.74) is 5.89. The van der Waals surface area contributed by atoms with Gasteiger partial charge in [-0.3, -0.25) is 0 Å². The Kier molecular flexibility index (Phi) is 5.42. The third-order valence-electron chi connectivity index (χ3n) is 5.87. The number of hydrogen-bond donors (Lipinski definition) is 0. The molecule has 0 radical (unpaired) electrons. The van der Waals surface area contributed by atoms with Crippen LogP contribution >= 0.6 is 0 Å². The molecule has 1 fully saturated rings. The highest BCUT2D eigenvalue weighted by molar-refractivity contribution is 7.89. The molecule has 1 aromatic heterocycles. The number of piperazine rings is 1. The van der Waals surface area contributed by atoms with Crippen LogP contribution in [-0.2, 0) is 10.0 Å². The first-order valence-electron chi connectivity index (χ1n) is 10.1. The average Bonchev–Trinajstić information content (AvgIpc) is 3.17. The van der Waals surface area contributed by atoms with Crippen molar-refractivity contribution in [1.82, 2.24) is 9.46 Å². The Bertz CT molecular complexity index is 1180. The molecule has 0 bridgehead atoms. The van der Waals surface area contributed by atoms with Gasteiger partial charge in [0, 0.05) is 43.5 Å². The highest BCUT2D eigenvalue weighted by Gasteiger charge is 2.30. The lowest BCUT2D eigenvalue weighted by molar-refractivity contribution is 0.384. The summed E-state index contributed by atoms with van der Waals surface area (Å²) in [5, 5.41) is 3.91. The van der Waals surface area contributed by atoms with Crippen LogP contribution in [0.3, 0.4) is 0 Å². The SMILES string of the molecule is Cc1cc(-c2ccc(C)c(S(=O)(=O)N3CCN(c4cccc(C)c4C)CC3)c2)on1. The highest BCUT2D eigenvalue weighted by Crippen LogP contribution is 2.29. The molecule has 0 N–H and O–H groups in total. The molecule has 6 nitrogen and oxygen atoms in total. The third kappa shape index (κ3) is 3.75. The molecule has 0 unspecified atom stereocenters. The van der Waals surface area contributed by atoms with Crippen LogP contribution in [0.2, 0.25) is 0 Å². The molecular formula is C23H27N3O3S. The normalized spacial score (nSPS) is 15.5. The van der Waals surface area contributed by atoms with E-state index in [1.54, 1.807) is 10.4 Å². The van der Waals surface area contributed by atoms with Gasteiger partial charge in [-0.25, -0.2) is 8.42 Å². The number of hydrogen-bond acceptors (Lipinski definition) is 5. The van der Waals surface area contributed by atoms with E-state index < -0.39 is 10.0 Å². The molecule has 2 heterocycles. The van der Waals surface area contributed by atoms with Gasteiger partial charge in [0.05, 0.1) is 10.6 Å². The van der Waals surface area contributed by atoms with E-state index in [1.165, 1.54) is 16.8 Å². The molecule has 1 aliphatic rings. The summed E-state index contributed by atoms with van der Waals surface area (Å²) in [6.45, 7) is 10.1. The first-order chi connectivity index (χ1) is 14.3. The molecule has 30 heavy (non-hydrogen) atoms. The van der Waals surface area contributed by atoms with E-state index in [9.17, 15) is 8.42 Å². The average molecular weight is 426 g/mol. The molecule has 0 atom stereocenters.